The van der Waals surface area contributed by atoms with Crippen LogP contribution in [0.25, 0.3) is 0 Å². The fourth-order valence-electron chi connectivity index (χ4n) is 1.57. The van der Waals surface area contributed by atoms with Crippen molar-refractivity contribution < 1.29 is 14.5 Å². The number of thiazole rings is 1. The summed E-state index contributed by atoms with van der Waals surface area (Å²) in [6.07, 6.45) is 1.09. The average Bonchev–Trinajstić information content (AvgIpc) is 2.88. The molecule has 1 amide bonds. The maximum absolute atomic E-state index is 12.2. The number of amides is 1. The Morgan fingerprint density at radius 1 is 1.57 bits per heavy atom. The summed E-state index contributed by atoms with van der Waals surface area (Å²) < 4.78 is 5.35. The Bertz CT molecular complexity index is 686. The van der Waals surface area contributed by atoms with Gasteiger partial charge >= 0.3 is 5.00 Å². The molecule has 0 bridgehead atoms. The summed E-state index contributed by atoms with van der Waals surface area (Å²) in [4.78, 5) is 25.9. The van der Waals surface area contributed by atoms with Gasteiger partial charge in [0.1, 0.15) is 11.9 Å². The van der Waals surface area contributed by atoms with Gasteiger partial charge in [-0.1, -0.05) is 0 Å². The molecule has 8 nitrogen and oxygen atoms in total. The van der Waals surface area contributed by atoms with Gasteiger partial charge in [-0.2, -0.15) is 0 Å². The number of nitrogens with zero attached hydrogens (tertiary/aromatic N) is 2. The topological polar surface area (TPSA) is 120 Å². The number of ether oxygens (including phenoxy) is 1. The summed E-state index contributed by atoms with van der Waals surface area (Å²) in [5, 5.41) is 13.1. The smallest absolute Gasteiger partial charge is 0.345 e. The molecule has 1 heterocycles. The monoisotopic (exact) mass is 308 g/mol. The van der Waals surface area contributed by atoms with Gasteiger partial charge in [0.2, 0.25) is 0 Å². The first-order valence-electron chi connectivity index (χ1n) is 5.95. The van der Waals surface area contributed by atoms with Crippen molar-refractivity contribution in [2.24, 2.45) is 0 Å². The summed E-state index contributed by atoms with van der Waals surface area (Å²) in [7, 11) is 0. The zero-order valence-electron chi connectivity index (χ0n) is 11.0. The van der Waals surface area contributed by atoms with E-state index in [0.29, 0.717) is 18.0 Å². The Hall–Kier alpha value is -2.68. The van der Waals surface area contributed by atoms with Crippen LogP contribution in [0, 0.1) is 10.1 Å². The van der Waals surface area contributed by atoms with E-state index in [9.17, 15) is 14.9 Å². The molecule has 0 aliphatic heterocycles. The van der Waals surface area contributed by atoms with Gasteiger partial charge in [-0.3, -0.25) is 20.2 Å². The fourth-order valence-corrected chi connectivity index (χ4v) is 2.20. The minimum absolute atomic E-state index is 0.144. The molecule has 0 unspecified atom stereocenters. The number of anilines is 2. The molecule has 0 atom stereocenters. The number of benzene rings is 1. The summed E-state index contributed by atoms with van der Waals surface area (Å²) in [5.74, 6) is -0.122. The first-order chi connectivity index (χ1) is 10.0. The van der Waals surface area contributed by atoms with Crippen molar-refractivity contribution in [1.82, 2.24) is 4.98 Å². The maximum Gasteiger partial charge on any atom is 0.345 e. The van der Waals surface area contributed by atoms with Gasteiger partial charge in [-0.25, -0.2) is 4.98 Å². The molecule has 0 aliphatic rings. The Kier molecular flexibility index (Phi) is 4.33. The number of carbonyl (C=O) groups is 1. The van der Waals surface area contributed by atoms with Gasteiger partial charge in [-0.05, 0) is 30.4 Å². The predicted octanol–water partition coefficient (Wildman–Crippen LogP) is 2.28. The highest BCUT2D eigenvalue weighted by Crippen LogP contribution is 2.27. The van der Waals surface area contributed by atoms with Crippen LogP contribution in [-0.2, 0) is 0 Å². The van der Waals surface area contributed by atoms with Crippen molar-refractivity contribution in [2.75, 3.05) is 17.7 Å². The highest BCUT2D eigenvalue weighted by atomic mass is 32.1. The number of nitro groups is 1. The number of carbonyl (C=O) groups excluding carboxylic acids is 1. The van der Waals surface area contributed by atoms with E-state index >= 15 is 0 Å². The van der Waals surface area contributed by atoms with E-state index < -0.39 is 10.8 Å². The second-order valence-electron chi connectivity index (χ2n) is 3.90. The second-order valence-corrected chi connectivity index (χ2v) is 4.91. The van der Waals surface area contributed by atoms with Crippen LogP contribution in [0.15, 0.2) is 24.4 Å². The van der Waals surface area contributed by atoms with Gasteiger partial charge in [-0.15, -0.1) is 0 Å². The largest absolute Gasteiger partial charge is 0.493 e. The maximum atomic E-state index is 12.2. The number of nitrogens with two attached hydrogens (primary N) is 1. The molecule has 0 radical (unpaired) electrons. The van der Waals surface area contributed by atoms with Crippen LogP contribution in [0.5, 0.6) is 5.75 Å². The molecule has 2 aromatic rings. The van der Waals surface area contributed by atoms with Gasteiger partial charge in [0.15, 0.2) is 5.13 Å². The molecular weight excluding hydrogens is 296 g/mol. The summed E-state index contributed by atoms with van der Waals surface area (Å²) in [6, 6.07) is 4.64. The van der Waals surface area contributed by atoms with Crippen LogP contribution in [-0.4, -0.2) is 22.4 Å². The molecule has 0 aliphatic carbocycles. The summed E-state index contributed by atoms with van der Waals surface area (Å²) in [5.41, 5.74) is 6.40. The van der Waals surface area contributed by atoms with E-state index in [1.165, 1.54) is 6.07 Å². The third-order valence-corrected chi connectivity index (χ3v) is 3.31. The van der Waals surface area contributed by atoms with Crippen molar-refractivity contribution in [3.05, 3.63) is 40.1 Å². The molecule has 9 heteroatoms. The molecule has 110 valence electrons. The van der Waals surface area contributed by atoms with Crippen LogP contribution in [0.4, 0.5) is 15.8 Å². The van der Waals surface area contributed by atoms with Crippen molar-refractivity contribution in [3.63, 3.8) is 0 Å². The van der Waals surface area contributed by atoms with Crippen LogP contribution in [0.2, 0.25) is 0 Å². The molecule has 0 saturated heterocycles. The normalized spacial score (nSPS) is 10.1. The van der Waals surface area contributed by atoms with E-state index in [4.69, 9.17) is 10.5 Å². The third kappa shape index (κ3) is 3.45. The Labute approximate surface area is 123 Å². The van der Waals surface area contributed by atoms with Gasteiger partial charge < -0.3 is 10.5 Å². The van der Waals surface area contributed by atoms with Gasteiger partial charge in [0, 0.05) is 11.8 Å². The van der Waals surface area contributed by atoms with E-state index in [-0.39, 0.29) is 15.7 Å². The van der Waals surface area contributed by atoms with Crippen LogP contribution in [0.1, 0.15) is 17.3 Å². The average molecular weight is 308 g/mol. The first-order valence-corrected chi connectivity index (χ1v) is 6.76. The van der Waals surface area contributed by atoms with Gasteiger partial charge in [0.05, 0.1) is 17.1 Å². The standard InChI is InChI=1S/C12H12N4O4S/c1-2-20-9-5-7(13)3-4-8(9)11(17)15-12-14-6-10(21-12)16(18)19/h3-6H,2,13H2,1H3,(H,14,15,17). The minimum Gasteiger partial charge on any atom is -0.493 e. The van der Waals surface area contributed by atoms with E-state index in [1.54, 1.807) is 19.1 Å². The molecule has 1 aromatic heterocycles. The second kappa shape index (κ2) is 6.18. The van der Waals surface area contributed by atoms with Crippen LogP contribution in [0.3, 0.4) is 0 Å². The molecular formula is C12H12N4O4S. The Morgan fingerprint density at radius 2 is 2.33 bits per heavy atom. The van der Waals surface area contributed by atoms with Crippen molar-refractivity contribution in [2.45, 2.75) is 6.92 Å². The molecule has 0 spiro atoms. The Balaban J connectivity index is 2.21. The third-order valence-electron chi connectivity index (χ3n) is 2.44. The quantitative estimate of drug-likeness (QED) is 0.496. The van der Waals surface area contributed by atoms with E-state index in [2.05, 4.69) is 10.3 Å². The van der Waals surface area contributed by atoms with Crippen molar-refractivity contribution in [3.8, 4) is 5.75 Å². The number of nitrogen functional groups attached to an aromatic ring is 1. The van der Waals surface area contributed by atoms with Crippen molar-refractivity contribution >= 4 is 33.1 Å². The molecule has 2 rings (SSSR count). The minimum atomic E-state index is -0.567. The predicted molar refractivity (Wildman–Crippen MR) is 78.7 cm³/mol. The fraction of sp³-hybridized carbons (Fsp3) is 0.167. The summed E-state index contributed by atoms with van der Waals surface area (Å²) in [6.45, 7) is 2.17. The lowest BCUT2D eigenvalue weighted by Crippen LogP contribution is -2.13. The number of hydrogen-bond acceptors (Lipinski definition) is 7. The van der Waals surface area contributed by atoms with Crippen LogP contribution < -0.4 is 15.8 Å². The van der Waals surface area contributed by atoms with E-state index in [1.807, 2.05) is 0 Å². The molecule has 3 N–H and O–H groups in total. The molecule has 0 saturated carbocycles. The lowest BCUT2D eigenvalue weighted by Gasteiger charge is -2.10. The number of nitrogens with one attached hydrogen (secondary N) is 1. The van der Waals surface area contributed by atoms with E-state index in [0.717, 1.165) is 17.5 Å². The highest BCUT2D eigenvalue weighted by Gasteiger charge is 2.17. The zero-order chi connectivity index (χ0) is 15.4. The Morgan fingerprint density at radius 3 is 2.95 bits per heavy atom. The van der Waals surface area contributed by atoms with Gasteiger partial charge in [0.25, 0.3) is 5.91 Å². The number of rotatable bonds is 5. The number of aromatic nitrogens is 1. The zero-order valence-corrected chi connectivity index (χ0v) is 11.8. The molecule has 0 fully saturated rings. The van der Waals surface area contributed by atoms with Crippen molar-refractivity contribution in [1.29, 1.82) is 0 Å². The lowest BCUT2D eigenvalue weighted by atomic mass is 10.1. The molecule has 1 aromatic carbocycles. The molecule has 21 heavy (non-hydrogen) atoms. The first kappa shape index (κ1) is 14.7. The highest BCUT2D eigenvalue weighted by molar-refractivity contribution is 7.18. The SMILES string of the molecule is CCOc1cc(N)ccc1C(=O)Nc1ncc([N+](=O)[O-])s1. The number of hydrogen-bond donors (Lipinski definition) is 2. The summed E-state index contributed by atoms with van der Waals surface area (Å²) >= 11 is 0.779. The van der Waals surface area contributed by atoms with Crippen LogP contribution >= 0.6 is 11.3 Å². The lowest BCUT2D eigenvalue weighted by molar-refractivity contribution is -0.380.